The third kappa shape index (κ3) is 2.06. The normalized spacial score (nSPS) is 12.4. The van der Waals surface area contributed by atoms with Gasteiger partial charge in [-0.25, -0.2) is 4.39 Å². The molecule has 1 heterocycles. The van der Waals surface area contributed by atoms with Crippen LogP contribution in [0.5, 0.6) is 0 Å². The molecule has 2 rings (SSSR count). The molecule has 0 fully saturated rings. The molecule has 1 unspecified atom stereocenters. The molecule has 0 radical (unpaired) electrons. The molecule has 2 N–H and O–H groups in total. The Labute approximate surface area is 93.1 Å². The van der Waals surface area contributed by atoms with Crippen molar-refractivity contribution in [2.45, 2.75) is 5.92 Å². The van der Waals surface area contributed by atoms with Gasteiger partial charge < -0.3 is 5.73 Å². The van der Waals surface area contributed by atoms with Gasteiger partial charge in [0, 0.05) is 18.7 Å². The van der Waals surface area contributed by atoms with Crippen LogP contribution >= 0.6 is 0 Å². The van der Waals surface area contributed by atoms with E-state index in [1.54, 1.807) is 36.5 Å². The van der Waals surface area contributed by atoms with Crippen LogP contribution < -0.4 is 5.73 Å². The van der Waals surface area contributed by atoms with Gasteiger partial charge in [-0.05, 0) is 23.8 Å². The molecule has 0 aliphatic rings. The summed E-state index contributed by atoms with van der Waals surface area (Å²) in [5.74, 6) is -0.501. The number of nitrogens with zero attached hydrogens (tertiary/aromatic N) is 2. The van der Waals surface area contributed by atoms with Gasteiger partial charge in [0.15, 0.2) is 0 Å². The lowest BCUT2D eigenvalue weighted by Gasteiger charge is -2.14. The van der Waals surface area contributed by atoms with Crippen molar-refractivity contribution in [1.82, 2.24) is 10.2 Å². The topological polar surface area (TPSA) is 51.8 Å². The van der Waals surface area contributed by atoms with Gasteiger partial charge in [-0.2, -0.15) is 10.2 Å². The van der Waals surface area contributed by atoms with E-state index in [0.29, 0.717) is 17.8 Å². The highest BCUT2D eigenvalue weighted by molar-refractivity contribution is 5.29. The molecule has 3 nitrogen and oxygen atoms in total. The van der Waals surface area contributed by atoms with Crippen molar-refractivity contribution < 1.29 is 4.39 Å². The maximum Gasteiger partial charge on any atom is 0.127 e. The molecule has 4 heteroatoms. The summed E-state index contributed by atoms with van der Waals surface area (Å²) < 4.78 is 13.6. The molecular weight excluding hydrogens is 205 g/mol. The largest absolute Gasteiger partial charge is 0.329 e. The molecular formula is C12H12FN3. The van der Waals surface area contributed by atoms with Gasteiger partial charge in [0.2, 0.25) is 0 Å². The fourth-order valence-electron chi connectivity index (χ4n) is 1.66. The highest BCUT2D eigenvalue weighted by atomic mass is 19.1. The van der Waals surface area contributed by atoms with E-state index in [2.05, 4.69) is 10.2 Å². The molecule has 1 aromatic carbocycles. The van der Waals surface area contributed by atoms with Crippen molar-refractivity contribution in [1.29, 1.82) is 0 Å². The molecule has 0 spiro atoms. The molecule has 0 aliphatic heterocycles. The van der Waals surface area contributed by atoms with Gasteiger partial charge >= 0.3 is 0 Å². The summed E-state index contributed by atoms with van der Waals surface area (Å²) in [5.41, 5.74) is 6.92. The Morgan fingerprint density at radius 3 is 2.62 bits per heavy atom. The van der Waals surface area contributed by atoms with E-state index in [-0.39, 0.29) is 11.7 Å². The summed E-state index contributed by atoms with van der Waals surface area (Å²) in [6.07, 6.45) is 1.58. The van der Waals surface area contributed by atoms with E-state index in [4.69, 9.17) is 5.73 Å². The highest BCUT2D eigenvalue weighted by Crippen LogP contribution is 2.23. The Bertz CT molecular complexity index is 459. The van der Waals surface area contributed by atoms with E-state index in [1.165, 1.54) is 6.07 Å². The maximum atomic E-state index is 13.6. The summed E-state index contributed by atoms with van der Waals surface area (Å²) in [6, 6.07) is 10.2. The van der Waals surface area contributed by atoms with Crippen LogP contribution in [0.3, 0.4) is 0 Å². The first-order valence-electron chi connectivity index (χ1n) is 5.05. The SMILES string of the molecule is NCC(c1cccnn1)c1ccccc1F. The van der Waals surface area contributed by atoms with Gasteiger partial charge in [-0.3, -0.25) is 0 Å². The molecule has 0 saturated carbocycles. The van der Waals surface area contributed by atoms with E-state index >= 15 is 0 Å². The summed E-state index contributed by atoms with van der Waals surface area (Å²) in [6.45, 7) is 0.305. The van der Waals surface area contributed by atoms with Crippen LogP contribution in [0.15, 0.2) is 42.6 Å². The standard InChI is InChI=1S/C12H12FN3/c13-11-5-2-1-4-9(11)10(8-14)12-6-3-7-15-16-12/h1-7,10H,8,14H2. The molecule has 0 amide bonds. The summed E-state index contributed by atoms with van der Waals surface area (Å²) in [4.78, 5) is 0. The predicted octanol–water partition coefficient (Wildman–Crippen LogP) is 1.71. The summed E-state index contributed by atoms with van der Waals surface area (Å²) in [5, 5.41) is 7.75. The zero-order valence-electron chi connectivity index (χ0n) is 8.68. The maximum absolute atomic E-state index is 13.6. The molecule has 0 bridgehead atoms. The number of rotatable bonds is 3. The van der Waals surface area contributed by atoms with Crippen LogP contribution in [-0.4, -0.2) is 16.7 Å². The van der Waals surface area contributed by atoms with Gasteiger partial charge in [-0.15, -0.1) is 0 Å². The molecule has 16 heavy (non-hydrogen) atoms. The molecule has 1 aromatic heterocycles. The second-order valence-corrected chi connectivity index (χ2v) is 3.46. The molecule has 0 saturated heterocycles. The summed E-state index contributed by atoms with van der Waals surface area (Å²) in [7, 11) is 0. The van der Waals surface area contributed by atoms with E-state index in [1.807, 2.05) is 0 Å². The Morgan fingerprint density at radius 2 is 2.00 bits per heavy atom. The minimum atomic E-state index is -0.261. The monoisotopic (exact) mass is 217 g/mol. The van der Waals surface area contributed by atoms with E-state index in [9.17, 15) is 4.39 Å². The van der Waals surface area contributed by atoms with Crippen LogP contribution in [0.1, 0.15) is 17.2 Å². The number of aromatic nitrogens is 2. The lowest BCUT2D eigenvalue weighted by Crippen LogP contribution is -2.16. The van der Waals surface area contributed by atoms with Crippen LogP contribution in [0.2, 0.25) is 0 Å². The molecule has 82 valence electrons. The molecule has 2 aromatic rings. The lowest BCUT2D eigenvalue weighted by atomic mass is 9.95. The van der Waals surface area contributed by atoms with Crippen molar-refractivity contribution in [3.63, 3.8) is 0 Å². The number of halogens is 1. The first kappa shape index (κ1) is 10.7. The zero-order valence-corrected chi connectivity index (χ0v) is 8.68. The van der Waals surface area contributed by atoms with Gasteiger partial charge in [0.25, 0.3) is 0 Å². The van der Waals surface area contributed by atoms with Crippen LogP contribution in [0, 0.1) is 5.82 Å². The highest BCUT2D eigenvalue weighted by Gasteiger charge is 2.17. The van der Waals surface area contributed by atoms with Crippen molar-refractivity contribution in [2.75, 3.05) is 6.54 Å². The van der Waals surface area contributed by atoms with Crippen molar-refractivity contribution in [3.05, 3.63) is 59.7 Å². The lowest BCUT2D eigenvalue weighted by molar-refractivity contribution is 0.593. The Hall–Kier alpha value is -1.81. The van der Waals surface area contributed by atoms with Crippen LogP contribution in [0.4, 0.5) is 4.39 Å². The average Bonchev–Trinajstić information content (AvgIpc) is 2.34. The van der Waals surface area contributed by atoms with Gasteiger partial charge in [-0.1, -0.05) is 18.2 Å². The Kier molecular flexibility index (Phi) is 3.22. The fourth-order valence-corrected chi connectivity index (χ4v) is 1.66. The second kappa shape index (κ2) is 4.81. The smallest absolute Gasteiger partial charge is 0.127 e. The first-order valence-corrected chi connectivity index (χ1v) is 5.05. The van der Waals surface area contributed by atoms with E-state index < -0.39 is 0 Å². The van der Waals surface area contributed by atoms with E-state index in [0.717, 1.165) is 0 Å². The number of nitrogens with two attached hydrogens (primary N) is 1. The van der Waals surface area contributed by atoms with Crippen molar-refractivity contribution in [3.8, 4) is 0 Å². The zero-order chi connectivity index (χ0) is 11.4. The van der Waals surface area contributed by atoms with Gasteiger partial charge in [0.1, 0.15) is 5.82 Å². The number of hydrogen-bond donors (Lipinski definition) is 1. The van der Waals surface area contributed by atoms with Crippen molar-refractivity contribution in [2.24, 2.45) is 5.73 Å². The summed E-state index contributed by atoms with van der Waals surface area (Å²) >= 11 is 0. The number of benzene rings is 1. The minimum Gasteiger partial charge on any atom is -0.329 e. The molecule has 1 atom stereocenters. The van der Waals surface area contributed by atoms with Crippen LogP contribution in [0.25, 0.3) is 0 Å². The quantitative estimate of drug-likeness (QED) is 0.851. The third-order valence-corrected chi connectivity index (χ3v) is 2.47. The fraction of sp³-hybridized carbons (Fsp3) is 0.167. The third-order valence-electron chi connectivity index (χ3n) is 2.47. The van der Waals surface area contributed by atoms with Crippen LogP contribution in [-0.2, 0) is 0 Å². The average molecular weight is 217 g/mol. The predicted molar refractivity (Wildman–Crippen MR) is 59.3 cm³/mol. The minimum absolute atomic E-state index is 0.241. The molecule has 0 aliphatic carbocycles. The van der Waals surface area contributed by atoms with Gasteiger partial charge in [0.05, 0.1) is 5.69 Å². The second-order valence-electron chi connectivity index (χ2n) is 3.46. The number of hydrogen-bond acceptors (Lipinski definition) is 3. The van der Waals surface area contributed by atoms with Crippen molar-refractivity contribution >= 4 is 0 Å². The first-order chi connectivity index (χ1) is 7.83. The Morgan fingerprint density at radius 1 is 1.19 bits per heavy atom. The Balaban J connectivity index is 2.41.